The van der Waals surface area contributed by atoms with Crippen LogP contribution < -0.4 is 10.8 Å². The number of hydrogen-bond acceptors (Lipinski definition) is 4. The van der Waals surface area contributed by atoms with E-state index >= 15 is 0 Å². The van der Waals surface area contributed by atoms with Crippen LogP contribution in [0.15, 0.2) is 30.3 Å². The number of amides is 2. The van der Waals surface area contributed by atoms with Gasteiger partial charge >= 0.3 is 0 Å². The van der Waals surface area contributed by atoms with Crippen molar-refractivity contribution in [2.45, 2.75) is 13.0 Å². The SMILES string of the molecule is COCCONC(=O)C(C)NC(=O)c1ccccc1. The first-order valence-corrected chi connectivity index (χ1v) is 5.91. The molecule has 0 aliphatic carbocycles. The van der Waals surface area contributed by atoms with Crippen LogP contribution in [-0.4, -0.2) is 38.2 Å². The van der Waals surface area contributed by atoms with Crippen molar-refractivity contribution in [3.05, 3.63) is 35.9 Å². The summed E-state index contributed by atoms with van der Waals surface area (Å²) in [6, 6.07) is 8.00. The Morgan fingerprint density at radius 1 is 1.21 bits per heavy atom. The van der Waals surface area contributed by atoms with E-state index in [0.717, 1.165) is 0 Å². The first kappa shape index (κ1) is 15.1. The molecule has 0 aliphatic heterocycles. The lowest BCUT2D eigenvalue weighted by Gasteiger charge is -2.13. The molecule has 0 saturated carbocycles. The van der Waals surface area contributed by atoms with Crippen LogP contribution in [0.25, 0.3) is 0 Å². The molecule has 2 amide bonds. The molecule has 0 fully saturated rings. The molecule has 19 heavy (non-hydrogen) atoms. The Hall–Kier alpha value is -1.92. The van der Waals surface area contributed by atoms with Crippen LogP contribution in [0, 0.1) is 0 Å². The molecule has 1 aromatic rings. The molecule has 0 aliphatic rings. The number of rotatable bonds is 7. The molecule has 6 heteroatoms. The van der Waals surface area contributed by atoms with Gasteiger partial charge in [-0.2, -0.15) is 0 Å². The molecular weight excluding hydrogens is 248 g/mol. The third-order valence-corrected chi connectivity index (χ3v) is 2.34. The predicted molar refractivity (Wildman–Crippen MR) is 69.3 cm³/mol. The Labute approximate surface area is 112 Å². The van der Waals surface area contributed by atoms with Crippen molar-refractivity contribution in [1.82, 2.24) is 10.8 Å². The van der Waals surface area contributed by atoms with Crippen molar-refractivity contribution in [1.29, 1.82) is 0 Å². The zero-order valence-electron chi connectivity index (χ0n) is 11.0. The van der Waals surface area contributed by atoms with Gasteiger partial charge in [0.05, 0.1) is 13.2 Å². The van der Waals surface area contributed by atoms with Crippen molar-refractivity contribution >= 4 is 11.8 Å². The number of methoxy groups -OCH3 is 1. The molecule has 1 aromatic carbocycles. The van der Waals surface area contributed by atoms with Gasteiger partial charge in [-0.15, -0.1) is 0 Å². The van der Waals surface area contributed by atoms with Crippen LogP contribution in [0.4, 0.5) is 0 Å². The van der Waals surface area contributed by atoms with Gasteiger partial charge in [0.25, 0.3) is 11.8 Å². The summed E-state index contributed by atoms with van der Waals surface area (Å²) in [6.45, 7) is 2.21. The maximum atomic E-state index is 11.8. The molecule has 0 radical (unpaired) electrons. The molecule has 2 N–H and O–H groups in total. The highest BCUT2D eigenvalue weighted by Gasteiger charge is 2.16. The van der Waals surface area contributed by atoms with E-state index in [1.165, 1.54) is 7.11 Å². The highest BCUT2D eigenvalue weighted by Crippen LogP contribution is 1.98. The maximum Gasteiger partial charge on any atom is 0.265 e. The number of hydroxylamine groups is 1. The van der Waals surface area contributed by atoms with Crippen LogP contribution in [0.5, 0.6) is 0 Å². The molecule has 0 heterocycles. The molecule has 6 nitrogen and oxygen atoms in total. The van der Waals surface area contributed by atoms with E-state index in [2.05, 4.69) is 10.8 Å². The smallest absolute Gasteiger partial charge is 0.265 e. The molecule has 0 bridgehead atoms. The fourth-order valence-corrected chi connectivity index (χ4v) is 1.27. The van der Waals surface area contributed by atoms with Crippen LogP contribution in [0.2, 0.25) is 0 Å². The summed E-state index contributed by atoms with van der Waals surface area (Å²) in [6.07, 6.45) is 0. The lowest BCUT2D eigenvalue weighted by molar-refractivity contribution is -0.136. The fraction of sp³-hybridized carbons (Fsp3) is 0.385. The summed E-state index contributed by atoms with van der Waals surface area (Å²) in [4.78, 5) is 28.2. The molecule has 0 spiro atoms. The number of nitrogens with one attached hydrogen (secondary N) is 2. The van der Waals surface area contributed by atoms with Crippen molar-refractivity contribution < 1.29 is 19.2 Å². The monoisotopic (exact) mass is 266 g/mol. The predicted octanol–water partition coefficient (Wildman–Crippen LogP) is 0.499. The van der Waals surface area contributed by atoms with Crippen LogP contribution in [0.1, 0.15) is 17.3 Å². The summed E-state index contributed by atoms with van der Waals surface area (Å²) in [5.41, 5.74) is 2.74. The summed E-state index contributed by atoms with van der Waals surface area (Å²) in [5, 5.41) is 2.57. The van der Waals surface area contributed by atoms with E-state index in [-0.39, 0.29) is 12.5 Å². The van der Waals surface area contributed by atoms with E-state index in [1.807, 2.05) is 6.07 Å². The second kappa shape index (κ2) is 8.23. The minimum atomic E-state index is -0.685. The Bertz CT molecular complexity index is 408. The second-order valence-electron chi connectivity index (χ2n) is 3.87. The van der Waals surface area contributed by atoms with E-state index in [0.29, 0.717) is 12.2 Å². The highest BCUT2D eigenvalue weighted by molar-refractivity contribution is 5.97. The minimum absolute atomic E-state index is 0.252. The molecule has 1 atom stereocenters. The molecular formula is C13H18N2O4. The van der Waals surface area contributed by atoms with Gasteiger partial charge in [0.1, 0.15) is 6.04 Å². The second-order valence-corrected chi connectivity index (χ2v) is 3.87. The summed E-state index contributed by atoms with van der Waals surface area (Å²) in [7, 11) is 1.54. The largest absolute Gasteiger partial charge is 0.382 e. The van der Waals surface area contributed by atoms with E-state index in [4.69, 9.17) is 9.57 Å². The highest BCUT2D eigenvalue weighted by atomic mass is 16.7. The van der Waals surface area contributed by atoms with E-state index in [1.54, 1.807) is 31.2 Å². The Balaban J connectivity index is 2.35. The van der Waals surface area contributed by atoms with Gasteiger partial charge in [-0.1, -0.05) is 18.2 Å². The average Bonchev–Trinajstić information content (AvgIpc) is 2.44. The zero-order valence-corrected chi connectivity index (χ0v) is 11.0. The summed E-state index contributed by atoms with van der Waals surface area (Å²) < 4.78 is 4.76. The molecule has 0 aromatic heterocycles. The topological polar surface area (TPSA) is 76.7 Å². The van der Waals surface area contributed by atoms with Crippen LogP contribution in [-0.2, 0) is 14.4 Å². The Morgan fingerprint density at radius 2 is 1.89 bits per heavy atom. The Kier molecular flexibility index (Phi) is 6.56. The summed E-state index contributed by atoms with van der Waals surface area (Å²) >= 11 is 0. The van der Waals surface area contributed by atoms with Crippen molar-refractivity contribution in [3.8, 4) is 0 Å². The average molecular weight is 266 g/mol. The van der Waals surface area contributed by atoms with Crippen LogP contribution >= 0.6 is 0 Å². The van der Waals surface area contributed by atoms with Crippen molar-refractivity contribution in [3.63, 3.8) is 0 Å². The van der Waals surface area contributed by atoms with Gasteiger partial charge in [-0.3, -0.25) is 14.4 Å². The zero-order chi connectivity index (χ0) is 14.1. The number of hydrogen-bond donors (Lipinski definition) is 2. The van der Waals surface area contributed by atoms with Crippen molar-refractivity contribution in [2.75, 3.05) is 20.3 Å². The molecule has 0 saturated heterocycles. The normalized spacial score (nSPS) is 11.7. The molecule has 104 valence electrons. The number of ether oxygens (including phenoxy) is 1. The number of benzene rings is 1. The van der Waals surface area contributed by atoms with Gasteiger partial charge in [0, 0.05) is 12.7 Å². The summed E-state index contributed by atoms with van der Waals surface area (Å²) in [5.74, 6) is -0.722. The lowest BCUT2D eigenvalue weighted by Crippen LogP contribution is -2.45. The fourth-order valence-electron chi connectivity index (χ4n) is 1.27. The van der Waals surface area contributed by atoms with E-state index in [9.17, 15) is 9.59 Å². The third-order valence-electron chi connectivity index (χ3n) is 2.34. The first-order valence-electron chi connectivity index (χ1n) is 5.91. The van der Waals surface area contributed by atoms with E-state index < -0.39 is 11.9 Å². The van der Waals surface area contributed by atoms with Gasteiger partial charge in [0.15, 0.2) is 0 Å². The Morgan fingerprint density at radius 3 is 2.53 bits per heavy atom. The van der Waals surface area contributed by atoms with Gasteiger partial charge in [0.2, 0.25) is 0 Å². The minimum Gasteiger partial charge on any atom is -0.382 e. The van der Waals surface area contributed by atoms with Crippen molar-refractivity contribution in [2.24, 2.45) is 0 Å². The maximum absolute atomic E-state index is 11.8. The quantitative estimate of drug-likeness (QED) is 0.556. The van der Waals surface area contributed by atoms with Crippen LogP contribution in [0.3, 0.4) is 0 Å². The molecule has 1 unspecified atom stereocenters. The first-order chi connectivity index (χ1) is 9.15. The number of carbonyl (C=O) groups excluding carboxylic acids is 2. The van der Waals surface area contributed by atoms with Gasteiger partial charge in [-0.25, -0.2) is 5.48 Å². The van der Waals surface area contributed by atoms with Gasteiger partial charge < -0.3 is 10.1 Å². The standard InChI is InChI=1S/C13H18N2O4/c1-10(12(16)15-19-9-8-18-2)14-13(17)11-6-4-3-5-7-11/h3-7,10H,8-9H2,1-2H3,(H,14,17)(H,15,16). The lowest BCUT2D eigenvalue weighted by atomic mass is 10.2. The molecule has 1 rings (SSSR count). The van der Waals surface area contributed by atoms with Gasteiger partial charge in [-0.05, 0) is 19.1 Å². The number of carbonyl (C=O) groups is 2. The third kappa shape index (κ3) is 5.50.